The number of pyridine rings is 1. The fraction of sp³-hybridized carbons (Fsp3) is 0.414. The number of halogens is 3. The zero-order chi connectivity index (χ0) is 28.7. The zero-order valence-corrected chi connectivity index (χ0v) is 23.2. The molecule has 214 valence electrons. The first kappa shape index (κ1) is 27.3. The highest BCUT2D eigenvalue weighted by Crippen LogP contribution is 2.49. The molecule has 2 aromatic heterocycles. The molecule has 41 heavy (non-hydrogen) atoms. The van der Waals surface area contributed by atoms with E-state index in [0.29, 0.717) is 38.4 Å². The Labute approximate surface area is 240 Å². The van der Waals surface area contributed by atoms with E-state index in [1.54, 1.807) is 13.2 Å². The number of fused-ring (bicyclic) bond motifs is 2. The van der Waals surface area contributed by atoms with Crippen LogP contribution in [0.3, 0.4) is 0 Å². The number of carbonyl (C=O) groups is 2. The monoisotopic (exact) mass is 582 g/mol. The highest BCUT2D eigenvalue weighted by Gasteiger charge is 2.58. The van der Waals surface area contributed by atoms with E-state index in [1.165, 1.54) is 12.4 Å². The van der Waals surface area contributed by atoms with Gasteiger partial charge in [0.05, 0.1) is 17.7 Å². The van der Waals surface area contributed by atoms with Crippen LogP contribution in [0.5, 0.6) is 5.88 Å². The Bertz CT molecular complexity index is 1480. The molecule has 2 amide bonds. The largest absolute Gasteiger partial charge is 0.481 e. The molecule has 3 aromatic rings. The Balaban J connectivity index is 1.10. The van der Waals surface area contributed by atoms with Gasteiger partial charge in [-0.25, -0.2) is 18.7 Å². The van der Waals surface area contributed by atoms with E-state index in [2.05, 4.69) is 25.2 Å². The highest BCUT2D eigenvalue weighted by atomic mass is 35.5. The summed E-state index contributed by atoms with van der Waals surface area (Å²) in [6.45, 7) is 1.64. The maximum absolute atomic E-state index is 13.9. The molecule has 4 heterocycles. The Morgan fingerprint density at radius 2 is 1.90 bits per heavy atom. The van der Waals surface area contributed by atoms with Crippen LogP contribution >= 0.6 is 11.6 Å². The molecule has 6 rings (SSSR count). The van der Waals surface area contributed by atoms with Crippen molar-refractivity contribution in [1.29, 1.82) is 0 Å². The fourth-order valence-corrected chi connectivity index (χ4v) is 6.44. The second kappa shape index (κ2) is 10.8. The first-order valence-corrected chi connectivity index (χ1v) is 13.9. The Morgan fingerprint density at radius 1 is 1.15 bits per heavy atom. The molecule has 3 aliphatic rings. The van der Waals surface area contributed by atoms with Gasteiger partial charge in [-0.1, -0.05) is 29.8 Å². The molecule has 1 saturated heterocycles. The van der Waals surface area contributed by atoms with E-state index >= 15 is 0 Å². The van der Waals surface area contributed by atoms with E-state index in [4.69, 9.17) is 16.3 Å². The third-order valence-corrected chi connectivity index (χ3v) is 8.61. The minimum absolute atomic E-state index is 0.0967. The third kappa shape index (κ3) is 4.96. The summed E-state index contributed by atoms with van der Waals surface area (Å²) in [5.41, 5.74) is 0.588. The predicted octanol–water partition coefficient (Wildman–Crippen LogP) is 4.56. The first-order chi connectivity index (χ1) is 19.8. The summed E-state index contributed by atoms with van der Waals surface area (Å²) in [7, 11) is 1.56. The van der Waals surface area contributed by atoms with Crippen LogP contribution in [-0.2, 0) is 10.2 Å². The Kier molecular flexibility index (Phi) is 7.23. The van der Waals surface area contributed by atoms with Crippen molar-refractivity contribution in [3.8, 4) is 5.88 Å². The summed E-state index contributed by atoms with van der Waals surface area (Å²) in [4.78, 5) is 42.8. The summed E-state index contributed by atoms with van der Waals surface area (Å²) in [6, 6.07) is 10.8. The second-order valence-electron chi connectivity index (χ2n) is 10.9. The molecule has 2 fully saturated rings. The summed E-state index contributed by atoms with van der Waals surface area (Å²) < 4.78 is 32.0. The standard InChI is InChI=1S/C29H29ClF2N6O3/c1-41-24-11-23(34-16-35-24)37-14-29(15-37)21-4-2-3-5-22(21)38(28(29)40)13-17-6-8-19(9-7-17)36-27(39)20-10-18(30)12-33-25(20)26(31)32/h2-5,10-12,16-17,19,26H,6-9,13-15H2,1H3,(H,36,39)/t17-,19-. The molecule has 9 nitrogen and oxygen atoms in total. The van der Waals surface area contributed by atoms with Gasteiger partial charge >= 0.3 is 0 Å². The van der Waals surface area contributed by atoms with Gasteiger partial charge in [-0.15, -0.1) is 0 Å². The average Bonchev–Trinajstić information content (AvgIpc) is 3.20. The average molecular weight is 583 g/mol. The number of benzene rings is 1. The molecular formula is C29H29ClF2N6O3. The molecule has 1 aromatic carbocycles. The van der Waals surface area contributed by atoms with Crippen molar-refractivity contribution >= 4 is 34.9 Å². The number of carbonyl (C=O) groups excluding carboxylic acids is 2. The third-order valence-electron chi connectivity index (χ3n) is 8.41. The quantitative estimate of drug-likeness (QED) is 0.436. The SMILES string of the molecule is COc1cc(N2CC3(C2)C(=O)N(C[C@H]2CC[C@H](NC(=O)c4cc(Cl)cnc4C(F)F)CC2)c2ccccc23)ncn1. The fourth-order valence-electron chi connectivity index (χ4n) is 6.28. The number of anilines is 2. The molecule has 1 saturated carbocycles. The molecular weight excluding hydrogens is 554 g/mol. The van der Waals surface area contributed by atoms with Gasteiger partial charge in [0.2, 0.25) is 11.8 Å². The Morgan fingerprint density at radius 3 is 2.63 bits per heavy atom. The summed E-state index contributed by atoms with van der Waals surface area (Å²) in [6.07, 6.45) is 2.66. The maximum atomic E-state index is 13.9. The van der Waals surface area contributed by atoms with Crippen LogP contribution in [0.1, 0.15) is 53.7 Å². The minimum atomic E-state index is -2.88. The highest BCUT2D eigenvalue weighted by molar-refractivity contribution is 6.30. The molecule has 1 spiro atoms. The summed E-state index contributed by atoms with van der Waals surface area (Å²) in [5, 5.41) is 3.01. The lowest BCUT2D eigenvalue weighted by molar-refractivity contribution is -0.124. The topological polar surface area (TPSA) is 101 Å². The van der Waals surface area contributed by atoms with Crippen molar-refractivity contribution in [2.75, 3.05) is 36.5 Å². The van der Waals surface area contributed by atoms with Crippen LogP contribution < -0.4 is 19.9 Å². The van der Waals surface area contributed by atoms with Crippen LogP contribution in [0.4, 0.5) is 20.3 Å². The molecule has 0 radical (unpaired) electrons. The molecule has 0 atom stereocenters. The van der Waals surface area contributed by atoms with Crippen molar-refractivity contribution < 1.29 is 23.1 Å². The van der Waals surface area contributed by atoms with Crippen molar-refractivity contribution in [2.45, 2.75) is 43.6 Å². The number of ether oxygens (including phenoxy) is 1. The smallest absolute Gasteiger partial charge is 0.281 e. The number of nitrogens with one attached hydrogen (secondary N) is 1. The number of aromatic nitrogens is 3. The van der Waals surface area contributed by atoms with Gasteiger partial charge in [-0.3, -0.25) is 14.6 Å². The number of amides is 2. The summed E-state index contributed by atoms with van der Waals surface area (Å²) >= 11 is 5.91. The number of nitrogens with zero attached hydrogens (tertiary/aromatic N) is 5. The van der Waals surface area contributed by atoms with E-state index in [0.717, 1.165) is 36.1 Å². The normalized spacial score (nSPS) is 21.1. The molecule has 1 aliphatic carbocycles. The number of alkyl halides is 2. The van der Waals surface area contributed by atoms with Crippen LogP contribution in [0.15, 0.2) is 48.9 Å². The van der Waals surface area contributed by atoms with Crippen molar-refractivity contribution in [2.24, 2.45) is 5.92 Å². The van der Waals surface area contributed by atoms with Gasteiger partial charge in [0.15, 0.2) is 0 Å². The van der Waals surface area contributed by atoms with Gasteiger partial charge in [-0.05, 0) is 49.3 Å². The molecule has 12 heteroatoms. The number of rotatable bonds is 7. The molecule has 1 N–H and O–H groups in total. The lowest BCUT2D eigenvalue weighted by atomic mass is 9.74. The number of para-hydroxylation sites is 1. The van der Waals surface area contributed by atoms with E-state index in [9.17, 15) is 18.4 Å². The van der Waals surface area contributed by atoms with E-state index in [1.807, 2.05) is 29.2 Å². The van der Waals surface area contributed by atoms with Gasteiger partial charge < -0.3 is 19.9 Å². The van der Waals surface area contributed by atoms with Crippen molar-refractivity contribution in [3.05, 3.63) is 70.8 Å². The number of hydrogen-bond acceptors (Lipinski definition) is 7. The van der Waals surface area contributed by atoms with Gasteiger partial charge in [0.25, 0.3) is 12.3 Å². The minimum Gasteiger partial charge on any atom is -0.481 e. The first-order valence-electron chi connectivity index (χ1n) is 13.6. The van der Waals surface area contributed by atoms with Gasteiger partial charge in [0.1, 0.15) is 23.3 Å². The molecule has 0 unspecified atom stereocenters. The van der Waals surface area contributed by atoms with Crippen LogP contribution in [-0.4, -0.2) is 59.6 Å². The zero-order valence-electron chi connectivity index (χ0n) is 22.4. The predicted molar refractivity (Wildman–Crippen MR) is 149 cm³/mol. The lowest BCUT2D eigenvalue weighted by Crippen LogP contribution is -2.64. The van der Waals surface area contributed by atoms with E-state index < -0.39 is 23.4 Å². The van der Waals surface area contributed by atoms with Crippen LogP contribution in [0.2, 0.25) is 5.02 Å². The van der Waals surface area contributed by atoms with Crippen LogP contribution in [0, 0.1) is 5.92 Å². The van der Waals surface area contributed by atoms with E-state index in [-0.39, 0.29) is 28.5 Å². The Hall–Kier alpha value is -3.86. The summed E-state index contributed by atoms with van der Waals surface area (Å²) in [5.74, 6) is 0.948. The number of methoxy groups -OCH3 is 1. The van der Waals surface area contributed by atoms with Gasteiger partial charge in [0, 0.05) is 43.6 Å². The number of hydrogen-bond donors (Lipinski definition) is 1. The van der Waals surface area contributed by atoms with Crippen molar-refractivity contribution in [3.63, 3.8) is 0 Å². The van der Waals surface area contributed by atoms with Crippen LogP contribution in [0.25, 0.3) is 0 Å². The van der Waals surface area contributed by atoms with Crippen molar-refractivity contribution in [1.82, 2.24) is 20.3 Å². The lowest BCUT2D eigenvalue weighted by Gasteiger charge is -2.47. The molecule has 2 aliphatic heterocycles. The second-order valence-corrected chi connectivity index (χ2v) is 11.3. The molecule has 0 bridgehead atoms. The maximum Gasteiger partial charge on any atom is 0.281 e. The van der Waals surface area contributed by atoms with Gasteiger partial charge in [-0.2, -0.15) is 0 Å².